The second-order valence-electron chi connectivity index (χ2n) is 8.13. The highest BCUT2D eigenvalue weighted by molar-refractivity contribution is 5.75. The van der Waals surface area contributed by atoms with Gasteiger partial charge in [-0.3, -0.25) is 4.79 Å². The molecule has 1 heterocycles. The largest absolute Gasteiger partial charge is 0.416 e. The topological polar surface area (TPSA) is 59.6 Å². The van der Waals surface area contributed by atoms with E-state index in [4.69, 9.17) is 9.47 Å². The van der Waals surface area contributed by atoms with Gasteiger partial charge in [-0.2, -0.15) is 26.3 Å². The molecule has 0 bridgehead atoms. The van der Waals surface area contributed by atoms with E-state index in [1.54, 1.807) is 7.11 Å². The molecule has 0 aliphatic carbocycles. The van der Waals surface area contributed by atoms with Crippen molar-refractivity contribution in [1.29, 1.82) is 0 Å². The van der Waals surface area contributed by atoms with Crippen LogP contribution in [0.1, 0.15) is 55.7 Å². The number of halogens is 6. The van der Waals surface area contributed by atoms with Crippen molar-refractivity contribution in [3.8, 4) is 0 Å². The molecule has 1 aromatic carbocycles. The fourth-order valence-corrected chi connectivity index (χ4v) is 3.81. The van der Waals surface area contributed by atoms with E-state index in [2.05, 4.69) is 10.6 Å². The van der Waals surface area contributed by atoms with E-state index >= 15 is 0 Å². The number of nitrogens with one attached hydrogen (secondary N) is 2. The molecule has 1 aliphatic rings. The van der Waals surface area contributed by atoms with Crippen molar-refractivity contribution in [3.05, 3.63) is 34.9 Å². The molecular weight excluding hydrogens is 454 g/mol. The summed E-state index contributed by atoms with van der Waals surface area (Å²) in [5.74, 6) is -0.445. The van der Waals surface area contributed by atoms with Gasteiger partial charge in [0, 0.05) is 38.8 Å². The van der Waals surface area contributed by atoms with E-state index in [9.17, 15) is 31.1 Å². The van der Waals surface area contributed by atoms with Crippen molar-refractivity contribution in [1.82, 2.24) is 10.6 Å². The summed E-state index contributed by atoms with van der Waals surface area (Å²) in [6.45, 7) is 2.67. The summed E-state index contributed by atoms with van der Waals surface area (Å²) in [7, 11) is 1.61. The Balaban J connectivity index is 1.95. The molecule has 5 nitrogen and oxygen atoms in total. The monoisotopic (exact) mass is 484 g/mol. The van der Waals surface area contributed by atoms with Crippen molar-refractivity contribution in [2.24, 2.45) is 0 Å². The third-order valence-corrected chi connectivity index (χ3v) is 5.55. The predicted octanol–water partition coefficient (Wildman–Crippen LogP) is 4.68. The minimum atomic E-state index is -4.93. The van der Waals surface area contributed by atoms with Crippen LogP contribution in [-0.2, 0) is 33.2 Å². The first kappa shape index (κ1) is 27.4. The predicted molar refractivity (Wildman–Crippen MR) is 109 cm³/mol. The van der Waals surface area contributed by atoms with Gasteiger partial charge in [0.25, 0.3) is 0 Å². The van der Waals surface area contributed by atoms with Gasteiger partial charge in [0.2, 0.25) is 5.91 Å². The van der Waals surface area contributed by atoms with E-state index in [0.29, 0.717) is 31.8 Å². The Labute approximate surface area is 189 Å². The van der Waals surface area contributed by atoms with Crippen molar-refractivity contribution < 1.29 is 40.6 Å². The summed E-state index contributed by atoms with van der Waals surface area (Å²) in [6.07, 6.45) is -6.94. The molecule has 33 heavy (non-hydrogen) atoms. The van der Waals surface area contributed by atoms with Gasteiger partial charge < -0.3 is 20.1 Å². The highest BCUT2D eigenvalue weighted by Crippen LogP contribution is 2.36. The molecule has 2 rings (SSSR count). The standard InChI is InChI=1S/C22H30F6N2O3/c1-3-4-17(30-18-7-8-33-13-19(18)32-2)5-6-20(31)29-12-14-9-15(21(23,24)25)11-16(10-14)22(26,27)28/h9-11,17-19,30H,3-8,12-13H2,1-2H3,(H,29,31)/t17-,18?,19?/m1/s1. The molecule has 2 unspecified atom stereocenters. The Morgan fingerprint density at radius 2 is 1.76 bits per heavy atom. The number of rotatable bonds is 10. The van der Waals surface area contributed by atoms with Crippen molar-refractivity contribution in [2.75, 3.05) is 20.3 Å². The Morgan fingerprint density at radius 1 is 1.12 bits per heavy atom. The zero-order valence-electron chi connectivity index (χ0n) is 18.6. The molecule has 1 fully saturated rings. The molecule has 11 heteroatoms. The molecule has 1 aliphatic heterocycles. The normalized spacial score (nSPS) is 20.5. The SMILES string of the molecule is CCC[C@H](CCC(=O)NCc1cc(C(F)(F)F)cc(C(F)(F)F)c1)NC1CCOCC1OC. The highest BCUT2D eigenvalue weighted by Gasteiger charge is 2.37. The average molecular weight is 484 g/mol. The summed E-state index contributed by atoms with van der Waals surface area (Å²) in [5, 5.41) is 5.93. The molecular formula is C22H30F6N2O3. The molecule has 3 atom stereocenters. The summed E-state index contributed by atoms with van der Waals surface area (Å²) in [6, 6.07) is 1.40. The smallest absolute Gasteiger partial charge is 0.379 e. The van der Waals surface area contributed by atoms with Crippen LogP contribution >= 0.6 is 0 Å². The zero-order chi connectivity index (χ0) is 24.6. The number of hydrogen-bond acceptors (Lipinski definition) is 4. The lowest BCUT2D eigenvalue weighted by atomic mass is 10.00. The minimum absolute atomic E-state index is 0.0203. The van der Waals surface area contributed by atoms with E-state index in [1.165, 1.54) is 0 Å². The van der Waals surface area contributed by atoms with E-state index < -0.39 is 35.9 Å². The Hall–Kier alpha value is -1.85. The van der Waals surface area contributed by atoms with Crippen LogP contribution in [0.3, 0.4) is 0 Å². The molecule has 1 saturated heterocycles. The number of ether oxygens (including phenoxy) is 2. The van der Waals surface area contributed by atoms with Gasteiger partial charge in [-0.25, -0.2) is 0 Å². The Kier molecular flexibility index (Phi) is 9.99. The minimum Gasteiger partial charge on any atom is -0.379 e. The van der Waals surface area contributed by atoms with E-state index in [0.717, 1.165) is 19.3 Å². The van der Waals surface area contributed by atoms with Gasteiger partial charge in [0.05, 0.1) is 23.8 Å². The van der Waals surface area contributed by atoms with Crippen LogP contribution in [0, 0.1) is 0 Å². The Bertz CT molecular complexity index is 737. The number of carbonyl (C=O) groups excluding carboxylic acids is 1. The van der Waals surface area contributed by atoms with Crippen LogP contribution in [0.15, 0.2) is 18.2 Å². The second-order valence-corrected chi connectivity index (χ2v) is 8.13. The van der Waals surface area contributed by atoms with Crippen LogP contribution in [-0.4, -0.2) is 44.4 Å². The summed E-state index contributed by atoms with van der Waals surface area (Å²) < 4.78 is 88.7. The maximum atomic E-state index is 13.0. The van der Waals surface area contributed by atoms with Crippen LogP contribution in [0.4, 0.5) is 26.3 Å². The van der Waals surface area contributed by atoms with Crippen molar-refractivity contribution in [2.45, 2.75) is 76.1 Å². The first-order valence-corrected chi connectivity index (χ1v) is 10.9. The molecule has 0 saturated carbocycles. The number of alkyl halides is 6. The molecule has 2 N–H and O–H groups in total. The molecule has 0 aromatic heterocycles. The van der Waals surface area contributed by atoms with Crippen LogP contribution in [0.5, 0.6) is 0 Å². The third-order valence-electron chi connectivity index (χ3n) is 5.55. The van der Waals surface area contributed by atoms with E-state index in [1.807, 2.05) is 6.92 Å². The molecule has 0 radical (unpaired) electrons. The quantitative estimate of drug-likeness (QED) is 0.474. The second kappa shape index (κ2) is 12.0. The lowest BCUT2D eigenvalue weighted by Crippen LogP contribution is -2.51. The van der Waals surface area contributed by atoms with Crippen molar-refractivity contribution in [3.63, 3.8) is 0 Å². The summed E-state index contributed by atoms with van der Waals surface area (Å²) in [5.41, 5.74) is -3.07. The van der Waals surface area contributed by atoms with Gasteiger partial charge in [0.15, 0.2) is 0 Å². The van der Waals surface area contributed by atoms with Gasteiger partial charge in [-0.1, -0.05) is 13.3 Å². The van der Waals surface area contributed by atoms with Crippen LogP contribution < -0.4 is 10.6 Å². The van der Waals surface area contributed by atoms with Gasteiger partial charge in [0.1, 0.15) is 0 Å². The highest BCUT2D eigenvalue weighted by atomic mass is 19.4. The maximum Gasteiger partial charge on any atom is 0.416 e. The lowest BCUT2D eigenvalue weighted by Gasteiger charge is -2.34. The van der Waals surface area contributed by atoms with Gasteiger partial charge >= 0.3 is 12.4 Å². The number of hydrogen-bond donors (Lipinski definition) is 2. The van der Waals surface area contributed by atoms with Crippen LogP contribution in [0.25, 0.3) is 0 Å². The van der Waals surface area contributed by atoms with Crippen LogP contribution in [0.2, 0.25) is 0 Å². The number of methoxy groups -OCH3 is 1. The van der Waals surface area contributed by atoms with E-state index in [-0.39, 0.29) is 36.2 Å². The zero-order valence-corrected chi connectivity index (χ0v) is 18.6. The molecule has 1 amide bonds. The third kappa shape index (κ3) is 8.78. The molecule has 1 aromatic rings. The number of amides is 1. The fourth-order valence-electron chi connectivity index (χ4n) is 3.81. The number of benzene rings is 1. The lowest BCUT2D eigenvalue weighted by molar-refractivity contribution is -0.143. The summed E-state index contributed by atoms with van der Waals surface area (Å²) >= 11 is 0. The molecule has 0 spiro atoms. The first-order valence-electron chi connectivity index (χ1n) is 10.9. The summed E-state index contributed by atoms with van der Waals surface area (Å²) in [4.78, 5) is 12.3. The molecule has 188 valence electrons. The Morgan fingerprint density at radius 3 is 2.30 bits per heavy atom. The average Bonchev–Trinajstić information content (AvgIpc) is 2.75. The number of carbonyl (C=O) groups is 1. The van der Waals surface area contributed by atoms with Crippen molar-refractivity contribution >= 4 is 5.91 Å². The first-order chi connectivity index (χ1) is 15.4. The van der Waals surface area contributed by atoms with Gasteiger partial charge in [-0.15, -0.1) is 0 Å². The maximum absolute atomic E-state index is 13.0. The van der Waals surface area contributed by atoms with Gasteiger partial charge in [-0.05, 0) is 43.0 Å². The fraction of sp³-hybridized carbons (Fsp3) is 0.682.